The maximum atomic E-state index is 14.1. The average molecular weight is 507 g/mol. The van der Waals surface area contributed by atoms with Gasteiger partial charge in [0.25, 0.3) is 0 Å². The van der Waals surface area contributed by atoms with E-state index in [4.69, 9.17) is 0 Å². The van der Waals surface area contributed by atoms with Gasteiger partial charge in [0.05, 0.1) is 5.60 Å². The number of carbonyl (C=O) groups excluding carboxylic acids is 1. The first-order valence-corrected chi connectivity index (χ1v) is 12.0. The second-order valence-electron chi connectivity index (χ2n) is 8.38. The van der Waals surface area contributed by atoms with Crippen LogP contribution in [0.5, 0.6) is 5.75 Å². The first-order valence-electron chi connectivity index (χ1n) is 10.0. The van der Waals surface area contributed by atoms with Crippen LogP contribution in [0.2, 0.25) is 0 Å². The maximum Gasteiger partial charge on any atom is 0.387 e. The molecule has 12 heteroatoms. The highest BCUT2D eigenvalue weighted by Gasteiger charge is 2.21. The number of amides is 2. The van der Waals surface area contributed by atoms with Crippen molar-refractivity contribution in [3.63, 3.8) is 0 Å². The Morgan fingerprint density at radius 3 is 2.12 bits per heavy atom. The molecule has 3 N–H and O–H groups in total. The number of carbonyl (C=O) groups is 1. The van der Waals surface area contributed by atoms with Gasteiger partial charge in [-0.2, -0.15) is 8.78 Å². The SMILES string of the molecule is CC(C)c1cc(OC(F)F)cc(C(C)C)c1NC(=O)N=[S-](=O)Nc1sc(C(C)(C)O)cc1F. The molecule has 0 bridgehead atoms. The Morgan fingerprint density at radius 1 is 1.15 bits per heavy atom. The molecule has 0 aliphatic carbocycles. The van der Waals surface area contributed by atoms with Crippen molar-refractivity contribution in [1.82, 2.24) is 0 Å². The lowest BCUT2D eigenvalue weighted by atomic mass is 9.92. The first kappa shape index (κ1) is 26.9. The number of nitrogens with zero attached hydrogens (tertiary/aromatic N) is 1. The highest BCUT2D eigenvalue weighted by atomic mass is 32.2. The second-order valence-corrected chi connectivity index (χ2v) is 10.3. The average Bonchev–Trinajstić information content (AvgIpc) is 3.02. The lowest BCUT2D eigenvalue weighted by molar-refractivity contribution is -0.0499. The van der Waals surface area contributed by atoms with Crippen LogP contribution < -0.4 is 14.8 Å². The normalized spacial score (nSPS) is 13.1. The van der Waals surface area contributed by atoms with E-state index in [0.717, 1.165) is 17.4 Å². The minimum Gasteiger partial charge on any atom is -0.435 e. The van der Waals surface area contributed by atoms with Gasteiger partial charge in [0.2, 0.25) is 0 Å². The van der Waals surface area contributed by atoms with Crippen LogP contribution in [-0.2, 0) is 20.6 Å². The molecule has 184 valence electrons. The Morgan fingerprint density at radius 2 is 1.70 bits per heavy atom. The van der Waals surface area contributed by atoms with E-state index in [0.29, 0.717) is 21.7 Å². The molecule has 0 fully saturated rings. The highest BCUT2D eigenvalue weighted by Crippen LogP contribution is 2.37. The van der Waals surface area contributed by atoms with Gasteiger partial charge >= 0.3 is 12.6 Å². The topological polar surface area (TPSA) is 100 Å². The quantitative estimate of drug-likeness (QED) is 0.348. The number of rotatable bonds is 8. The van der Waals surface area contributed by atoms with Crippen molar-refractivity contribution < 1.29 is 32.0 Å². The van der Waals surface area contributed by atoms with Gasteiger partial charge in [-0.15, -0.1) is 11.3 Å². The maximum absolute atomic E-state index is 14.1. The van der Waals surface area contributed by atoms with Crippen LogP contribution in [0.15, 0.2) is 22.6 Å². The summed E-state index contributed by atoms with van der Waals surface area (Å²) in [4.78, 5) is 12.8. The number of halogens is 3. The molecule has 0 saturated carbocycles. The van der Waals surface area contributed by atoms with Crippen molar-refractivity contribution in [3.8, 4) is 5.75 Å². The van der Waals surface area contributed by atoms with Gasteiger partial charge in [-0.1, -0.05) is 38.5 Å². The second kappa shape index (κ2) is 10.7. The first-order chi connectivity index (χ1) is 15.2. The minimum absolute atomic E-state index is 0.0339. The molecule has 2 aromatic rings. The zero-order valence-electron chi connectivity index (χ0n) is 19.0. The fourth-order valence-corrected chi connectivity index (χ4v) is 4.60. The van der Waals surface area contributed by atoms with Crippen molar-refractivity contribution in [3.05, 3.63) is 40.0 Å². The number of urea groups is 1. The van der Waals surface area contributed by atoms with Gasteiger partial charge in [-0.05, 0) is 55.0 Å². The Bertz CT molecular complexity index is 1060. The van der Waals surface area contributed by atoms with Gasteiger partial charge < -0.3 is 24.1 Å². The molecule has 0 aliphatic heterocycles. The lowest BCUT2D eigenvalue weighted by Crippen LogP contribution is -2.14. The zero-order chi connectivity index (χ0) is 25.1. The molecule has 33 heavy (non-hydrogen) atoms. The van der Waals surface area contributed by atoms with E-state index in [1.165, 1.54) is 26.0 Å². The Labute approximate surface area is 196 Å². The van der Waals surface area contributed by atoms with Crippen LogP contribution in [0.1, 0.15) is 69.4 Å². The number of nitrogens with one attached hydrogen (secondary N) is 2. The minimum atomic E-state index is -3.00. The molecule has 2 rings (SSSR count). The molecule has 0 spiro atoms. The molecule has 1 heterocycles. The van der Waals surface area contributed by atoms with E-state index in [2.05, 4.69) is 19.1 Å². The van der Waals surface area contributed by atoms with Crippen LogP contribution in [0.4, 0.5) is 28.7 Å². The summed E-state index contributed by atoms with van der Waals surface area (Å²) in [6.45, 7) is 7.23. The zero-order valence-corrected chi connectivity index (χ0v) is 20.7. The van der Waals surface area contributed by atoms with E-state index < -0.39 is 34.8 Å². The molecular weight excluding hydrogens is 479 g/mol. The molecule has 1 aromatic carbocycles. The lowest BCUT2D eigenvalue weighted by Gasteiger charge is -2.22. The summed E-state index contributed by atoms with van der Waals surface area (Å²) in [5.74, 6) is -1.10. The molecule has 0 saturated heterocycles. The summed E-state index contributed by atoms with van der Waals surface area (Å²) in [5, 5.41) is 12.4. The van der Waals surface area contributed by atoms with Crippen molar-refractivity contribution in [1.29, 1.82) is 0 Å². The number of anilines is 2. The molecule has 0 radical (unpaired) electrons. The largest absolute Gasteiger partial charge is 0.435 e. The monoisotopic (exact) mass is 506 g/mol. The summed E-state index contributed by atoms with van der Waals surface area (Å²) < 4.78 is 62.2. The van der Waals surface area contributed by atoms with E-state index in [1.54, 1.807) is 0 Å². The fraction of sp³-hybridized carbons (Fsp3) is 0.476. The number of benzene rings is 1. The Hall–Kier alpha value is -2.31. The predicted molar refractivity (Wildman–Crippen MR) is 124 cm³/mol. The van der Waals surface area contributed by atoms with Gasteiger partial charge in [0.15, 0.2) is 5.82 Å². The molecule has 0 atom stereocenters. The van der Waals surface area contributed by atoms with Gasteiger partial charge in [-0.3, -0.25) is 4.36 Å². The molecule has 1 aromatic heterocycles. The fourth-order valence-electron chi connectivity index (χ4n) is 2.93. The molecule has 0 aliphatic rings. The third kappa shape index (κ3) is 7.34. The summed E-state index contributed by atoms with van der Waals surface area (Å²) in [6.07, 6.45) is 0. The van der Waals surface area contributed by atoms with Crippen LogP contribution >= 0.6 is 11.3 Å². The van der Waals surface area contributed by atoms with Crippen LogP contribution in [0.3, 0.4) is 0 Å². The third-order valence-corrected chi connectivity index (χ3v) is 6.69. The summed E-state index contributed by atoms with van der Waals surface area (Å²) in [5.41, 5.74) is 0.151. The van der Waals surface area contributed by atoms with E-state index in [1.807, 2.05) is 27.7 Å². The van der Waals surface area contributed by atoms with Crippen molar-refractivity contribution in [2.45, 2.75) is 65.6 Å². The molecule has 0 unspecified atom stereocenters. The number of hydrogen-bond acceptors (Lipinski definition) is 6. The van der Waals surface area contributed by atoms with Crippen molar-refractivity contribution in [2.24, 2.45) is 4.36 Å². The predicted octanol–water partition coefficient (Wildman–Crippen LogP) is 6.67. The molecule has 2 amide bonds. The standard InChI is InChI=1S/C21H27F3N3O4S2/c1-10(2)13-7-12(31-19(23)24)8-14(11(3)4)17(13)25-20(28)27-33(30)26-18-15(22)9-16(32-18)21(5,6)29/h7-11,19,29H,1-6H3,(H2,25,26,27,28,30)/q-1. The van der Waals surface area contributed by atoms with Crippen LogP contribution in [-0.4, -0.2) is 17.7 Å². The van der Waals surface area contributed by atoms with Gasteiger partial charge in [0.1, 0.15) is 10.8 Å². The van der Waals surface area contributed by atoms with Crippen molar-refractivity contribution >= 4 is 38.8 Å². The van der Waals surface area contributed by atoms with Crippen LogP contribution in [0.25, 0.3) is 0 Å². The number of aliphatic hydroxyl groups is 1. The van der Waals surface area contributed by atoms with Gasteiger partial charge in [0, 0.05) is 10.6 Å². The molecule has 7 nitrogen and oxygen atoms in total. The van der Waals surface area contributed by atoms with E-state index in [-0.39, 0.29) is 22.6 Å². The van der Waals surface area contributed by atoms with Crippen LogP contribution in [0, 0.1) is 5.82 Å². The number of alkyl halides is 2. The number of hydrogen-bond donors (Lipinski definition) is 3. The third-order valence-electron chi connectivity index (χ3n) is 4.51. The smallest absolute Gasteiger partial charge is 0.387 e. The summed E-state index contributed by atoms with van der Waals surface area (Å²) in [7, 11) is -2.32. The molecular formula is C21H27F3N3O4S2-. The van der Waals surface area contributed by atoms with Gasteiger partial charge in [-0.25, -0.2) is 9.18 Å². The Kier molecular flexibility index (Phi) is 8.77. The highest BCUT2D eigenvalue weighted by molar-refractivity contribution is 7.76. The Balaban J connectivity index is 2.32. The summed E-state index contributed by atoms with van der Waals surface area (Å²) in [6, 6.07) is 2.96. The summed E-state index contributed by atoms with van der Waals surface area (Å²) >= 11 is 0.849. The van der Waals surface area contributed by atoms with Crippen molar-refractivity contribution in [2.75, 3.05) is 10.0 Å². The van der Waals surface area contributed by atoms with E-state index >= 15 is 0 Å². The number of ether oxygens (including phenoxy) is 1. The van der Waals surface area contributed by atoms with E-state index in [9.17, 15) is 27.3 Å². The number of thiophene rings is 1.